The molecule has 0 fully saturated rings. The standard InChI is InChI=1S/C11H12FN/c12-7-9-13-8-3-5-10-4-1-2-6-11(10)13/h1-6H,7-9H2. The van der Waals surface area contributed by atoms with E-state index in [1.807, 2.05) is 18.2 Å². The second-order valence-corrected chi connectivity index (χ2v) is 3.10. The lowest BCUT2D eigenvalue weighted by Gasteiger charge is -2.26. The van der Waals surface area contributed by atoms with Crippen LogP contribution in [0.1, 0.15) is 5.56 Å². The first kappa shape index (κ1) is 8.30. The number of nitrogens with zero attached hydrogens (tertiary/aromatic N) is 1. The van der Waals surface area contributed by atoms with Crippen LogP contribution in [0.2, 0.25) is 0 Å². The van der Waals surface area contributed by atoms with Gasteiger partial charge in [-0.1, -0.05) is 30.4 Å². The molecule has 1 aliphatic rings. The van der Waals surface area contributed by atoms with Crippen molar-refractivity contribution in [1.82, 2.24) is 0 Å². The van der Waals surface area contributed by atoms with Gasteiger partial charge < -0.3 is 4.90 Å². The fourth-order valence-corrected chi connectivity index (χ4v) is 1.64. The monoisotopic (exact) mass is 177 g/mol. The van der Waals surface area contributed by atoms with Crippen LogP contribution in [-0.2, 0) is 0 Å². The van der Waals surface area contributed by atoms with Gasteiger partial charge in [0, 0.05) is 18.8 Å². The van der Waals surface area contributed by atoms with Crippen molar-refractivity contribution in [2.75, 3.05) is 24.7 Å². The summed E-state index contributed by atoms with van der Waals surface area (Å²) in [4.78, 5) is 2.05. The summed E-state index contributed by atoms with van der Waals surface area (Å²) in [6, 6.07) is 8.08. The van der Waals surface area contributed by atoms with Crippen LogP contribution in [-0.4, -0.2) is 19.8 Å². The predicted octanol–water partition coefficient (Wildman–Crippen LogP) is 2.49. The summed E-state index contributed by atoms with van der Waals surface area (Å²) in [5.74, 6) is 0. The van der Waals surface area contributed by atoms with E-state index in [0.29, 0.717) is 6.54 Å². The minimum absolute atomic E-state index is 0.290. The first-order valence-electron chi connectivity index (χ1n) is 4.48. The van der Waals surface area contributed by atoms with Gasteiger partial charge in [-0.05, 0) is 11.6 Å². The minimum Gasteiger partial charge on any atom is -0.365 e. The zero-order chi connectivity index (χ0) is 9.10. The number of rotatable bonds is 2. The third-order valence-electron chi connectivity index (χ3n) is 2.26. The van der Waals surface area contributed by atoms with Crippen LogP contribution in [0.4, 0.5) is 10.1 Å². The number of hydrogen-bond acceptors (Lipinski definition) is 1. The molecule has 2 rings (SSSR count). The molecule has 1 aromatic carbocycles. The van der Waals surface area contributed by atoms with Gasteiger partial charge in [-0.25, -0.2) is 4.39 Å². The third kappa shape index (κ3) is 1.57. The number of hydrogen-bond donors (Lipinski definition) is 0. The van der Waals surface area contributed by atoms with E-state index in [4.69, 9.17) is 0 Å². The molecule has 13 heavy (non-hydrogen) atoms. The van der Waals surface area contributed by atoms with Gasteiger partial charge in [-0.3, -0.25) is 0 Å². The second kappa shape index (κ2) is 3.60. The molecular weight excluding hydrogens is 165 g/mol. The SMILES string of the molecule is FCCN1CC=Cc2ccccc21. The van der Waals surface area contributed by atoms with E-state index in [-0.39, 0.29) is 6.67 Å². The maximum absolute atomic E-state index is 12.2. The van der Waals surface area contributed by atoms with E-state index >= 15 is 0 Å². The molecule has 1 aliphatic heterocycles. The second-order valence-electron chi connectivity index (χ2n) is 3.10. The van der Waals surface area contributed by atoms with Crippen LogP contribution in [0, 0.1) is 0 Å². The van der Waals surface area contributed by atoms with Gasteiger partial charge >= 0.3 is 0 Å². The van der Waals surface area contributed by atoms with Crippen LogP contribution < -0.4 is 4.90 Å². The molecular formula is C11H12FN. The van der Waals surface area contributed by atoms with Gasteiger partial charge in [0.1, 0.15) is 6.67 Å². The molecule has 68 valence electrons. The van der Waals surface area contributed by atoms with E-state index in [0.717, 1.165) is 12.2 Å². The van der Waals surface area contributed by atoms with Gasteiger partial charge in [-0.15, -0.1) is 0 Å². The molecule has 0 atom stereocenters. The molecule has 0 aliphatic carbocycles. The highest BCUT2D eigenvalue weighted by atomic mass is 19.1. The Morgan fingerprint density at radius 3 is 3.00 bits per heavy atom. The Morgan fingerprint density at radius 1 is 1.31 bits per heavy atom. The molecule has 0 aromatic heterocycles. The fraction of sp³-hybridized carbons (Fsp3) is 0.273. The number of alkyl halides is 1. The molecule has 1 aromatic rings. The zero-order valence-electron chi connectivity index (χ0n) is 7.41. The topological polar surface area (TPSA) is 3.24 Å². The Morgan fingerprint density at radius 2 is 2.15 bits per heavy atom. The van der Waals surface area contributed by atoms with Crippen molar-refractivity contribution in [3.63, 3.8) is 0 Å². The Balaban J connectivity index is 2.32. The van der Waals surface area contributed by atoms with Gasteiger partial charge in [-0.2, -0.15) is 0 Å². The van der Waals surface area contributed by atoms with Crippen molar-refractivity contribution in [3.05, 3.63) is 35.9 Å². The molecule has 0 bridgehead atoms. The molecule has 0 radical (unpaired) electrons. The molecule has 0 amide bonds. The van der Waals surface area contributed by atoms with E-state index in [1.165, 1.54) is 5.56 Å². The first-order valence-corrected chi connectivity index (χ1v) is 4.48. The van der Waals surface area contributed by atoms with Gasteiger partial charge in [0.25, 0.3) is 0 Å². The Labute approximate surface area is 77.5 Å². The first-order chi connectivity index (χ1) is 6.42. The van der Waals surface area contributed by atoms with E-state index in [2.05, 4.69) is 23.1 Å². The fourth-order valence-electron chi connectivity index (χ4n) is 1.64. The summed E-state index contributed by atoms with van der Waals surface area (Å²) in [6.45, 7) is 1.02. The molecule has 0 N–H and O–H groups in total. The maximum Gasteiger partial charge on any atom is 0.107 e. The molecule has 0 unspecified atom stereocenters. The van der Waals surface area contributed by atoms with Crippen molar-refractivity contribution < 1.29 is 4.39 Å². The Kier molecular flexibility index (Phi) is 2.30. The summed E-state index contributed by atoms with van der Waals surface area (Å²) in [5.41, 5.74) is 2.32. The van der Waals surface area contributed by atoms with Crippen LogP contribution in [0.5, 0.6) is 0 Å². The van der Waals surface area contributed by atoms with Crippen molar-refractivity contribution in [1.29, 1.82) is 0 Å². The normalized spacial score (nSPS) is 14.4. The molecule has 1 nitrogen and oxygen atoms in total. The number of fused-ring (bicyclic) bond motifs is 1. The number of halogens is 1. The van der Waals surface area contributed by atoms with E-state index < -0.39 is 0 Å². The zero-order valence-corrected chi connectivity index (χ0v) is 7.41. The van der Waals surface area contributed by atoms with Gasteiger partial charge in [0.2, 0.25) is 0 Å². The molecule has 0 saturated carbocycles. The molecule has 2 heteroatoms. The van der Waals surface area contributed by atoms with Gasteiger partial charge in [0.15, 0.2) is 0 Å². The van der Waals surface area contributed by atoms with Crippen molar-refractivity contribution in [2.45, 2.75) is 0 Å². The quantitative estimate of drug-likeness (QED) is 0.670. The van der Waals surface area contributed by atoms with E-state index in [9.17, 15) is 4.39 Å². The lowest BCUT2D eigenvalue weighted by atomic mass is 10.1. The van der Waals surface area contributed by atoms with Gasteiger partial charge in [0.05, 0.1) is 0 Å². The van der Waals surface area contributed by atoms with Crippen LogP contribution >= 0.6 is 0 Å². The average Bonchev–Trinajstić information content (AvgIpc) is 2.19. The molecule has 1 heterocycles. The molecule has 0 spiro atoms. The summed E-state index contributed by atoms with van der Waals surface area (Å²) in [7, 11) is 0. The van der Waals surface area contributed by atoms with Crippen LogP contribution in [0.25, 0.3) is 6.08 Å². The maximum atomic E-state index is 12.2. The summed E-state index contributed by atoms with van der Waals surface area (Å²) in [5, 5.41) is 0. The highest BCUT2D eigenvalue weighted by Crippen LogP contribution is 2.24. The predicted molar refractivity (Wildman–Crippen MR) is 53.7 cm³/mol. The summed E-state index contributed by atoms with van der Waals surface area (Å²) >= 11 is 0. The van der Waals surface area contributed by atoms with E-state index in [1.54, 1.807) is 0 Å². The third-order valence-corrected chi connectivity index (χ3v) is 2.26. The van der Waals surface area contributed by atoms with Crippen LogP contribution in [0.15, 0.2) is 30.3 Å². The minimum atomic E-state index is -0.290. The van der Waals surface area contributed by atoms with Crippen molar-refractivity contribution in [2.24, 2.45) is 0 Å². The Hall–Kier alpha value is -1.31. The summed E-state index contributed by atoms with van der Waals surface area (Å²) < 4.78 is 12.2. The number of para-hydroxylation sites is 1. The number of benzene rings is 1. The number of anilines is 1. The highest BCUT2D eigenvalue weighted by molar-refractivity contribution is 5.71. The Bertz CT molecular complexity index is 320. The lowest BCUT2D eigenvalue weighted by Crippen LogP contribution is -2.27. The largest absolute Gasteiger partial charge is 0.365 e. The average molecular weight is 177 g/mol. The van der Waals surface area contributed by atoms with Crippen LogP contribution in [0.3, 0.4) is 0 Å². The summed E-state index contributed by atoms with van der Waals surface area (Å²) in [6.07, 6.45) is 4.15. The smallest absolute Gasteiger partial charge is 0.107 e. The van der Waals surface area contributed by atoms with Crippen molar-refractivity contribution >= 4 is 11.8 Å². The molecule has 0 saturated heterocycles. The van der Waals surface area contributed by atoms with Crippen molar-refractivity contribution in [3.8, 4) is 0 Å². The lowest BCUT2D eigenvalue weighted by molar-refractivity contribution is 0.494. The highest BCUT2D eigenvalue weighted by Gasteiger charge is 2.10.